The molecule has 1 aromatic carbocycles. The molecule has 0 radical (unpaired) electrons. The van der Waals surface area contributed by atoms with Crippen LogP contribution in [0, 0.1) is 13.8 Å². The summed E-state index contributed by atoms with van der Waals surface area (Å²) in [7, 11) is -3.76. The second-order valence-electron chi connectivity index (χ2n) is 6.41. The molecule has 6 nitrogen and oxygen atoms in total. The molecule has 0 bridgehead atoms. The molecule has 0 aliphatic carbocycles. The summed E-state index contributed by atoms with van der Waals surface area (Å²) in [5.41, 5.74) is 1.43. The summed E-state index contributed by atoms with van der Waals surface area (Å²) in [6.07, 6.45) is -3.73. The van der Waals surface area contributed by atoms with Crippen molar-refractivity contribution >= 4 is 10.0 Å². The third-order valence-electron chi connectivity index (χ3n) is 4.38. The smallest absolute Gasteiger partial charge is 0.417 e. The SMILES string of the molecule is Cc1ccc(C)c(S(=O)(=O)N2CCCC(c3nnc(C(F)(F)F)o3)C2)c1. The van der Waals surface area contributed by atoms with Crippen LogP contribution in [0.1, 0.15) is 41.7 Å². The van der Waals surface area contributed by atoms with Gasteiger partial charge in [-0.2, -0.15) is 17.5 Å². The molecule has 2 heterocycles. The van der Waals surface area contributed by atoms with Gasteiger partial charge in [0, 0.05) is 13.1 Å². The van der Waals surface area contributed by atoms with E-state index in [9.17, 15) is 21.6 Å². The molecular formula is C16H18F3N3O3S. The van der Waals surface area contributed by atoms with Gasteiger partial charge in [0.1, 0.15) is 0 Å². The average Bonchev–Trinajstić information content (AvgIpc) is 3.07. The van der Waals surface area contributed by atoms with Crippen molar-refractivity contribution in [1.29, 1.82) is 0 Å². The van der Waals surface area contributed by atoms with E-state index < -0.39 is 28.0 Å². The number of hydrogen-bond acceptors (Lipinski definition) is 5. The molecule has 1 atom stereocenters. The first kappa shape index (κ1) is 18.8. The Labute approximate surface area is 149 Å². The van der Waals surface area contributed by atoms with Crippen molar-refractivity contribution in [2.45, 2.75) is 43.7 Å². The number of sulfonamides is 1. The minimum absolute atomic E-state index is 0.00913. The predicted molar refractivity (Wildman–Crippen MR) is 85.9 cm³/mol. The predicted octanol–water partition coefficient (Wildman–Crippen LogP) is 3.27. The molecule has 1 aliphatic heterocycles. The van der Waals surface area contributed by atoms with Gasteiger partial charge in [-0.3, -0.25) is 0 Å². The zero-order chi connectivity index (χ0) is 19.1. The van der Waals surface area contributed by atoms with Gasteiger partial charge in [0.2, 0.25) is 15.9 Å². The summed E-state index contributed by atoms with van der Waals surface area (Å²) in [6.45, 7) is 3.82. The van der Waals surface area contributed by atoms with Crippen molar-refractivity contribution in [2.24, 2.45) is 0 Å². The molecule has 3 rings (SSSR count). The number of aryl methyl sites for hydroxylation is 2. The standard InChI is InChI=1S/C16H18F3N3O3S/c1-10-5-6-11(2)13(8-10)26(23,24)22-7-3-4-12(9-22)14-20-21-15(25-14)16(17,18)19/h5-6,8,12H,3-4,7,9H2,1-2H3. The van der Waals surface area contributed by atoms with Crippen LogP contribution in [0.4, 0.5) is 13.2 Å². The minimum atomic E-state index is -4.72. The zero-order valence-electron chi connectivity index (χ0n) is 14.2. The molecule has 0 spiro atoms. The number of piperidine rings is 1. The van der Waals surface area contributed by atoms with Crippen LogP contribution in [0.3, 0.4) is 0 Å². The van der Waals surface area contributed by atoms with Gasteiger partial charge in [-0.25, -0.2) is 8.42 Å². The van der Waals surface area contributed by atoms with E-state index in [-0.39, 0.29) is 17.3 Å². The van der Waals surface area contributed by atoms with E-state index in [1.54, 1.807) is 26.0 Å². The van der Waals surface area contributed by atoms with Gasteiger partial charge in [-0.15, -0.1) is 10.2 Å². The van der Waals surface area contributed by atoms with Gasteiger partial charge in [-0.1, -0.05) is 12.1 Å². The van der Waals surface area contributed by atoms with E-state index in [0.717, 1.165) is 5.56 Å². The molecule has 0 N–H and O–H groups in total. The summed E-state index contributed by atoms with van der Waals surface area (Å²) < 4.78 is 69.9. The fourth-order valence-electron chi connectivity index (χ4n) is 3.00. The maximum Gasteiger partial charge on any atom is 0.470 e. The third-order valence-corrected chi connectivity index (χ3v) is 6.39. The van der Waals surface area contributed by atoms with Gasteiger partial charge in [0.15, 0.2) is 0 Å². The van der Waals surface area contributed by atoms with Gasteiger partial charge in [0.05, 0.1) is 10.8 Å². The summed E-state index contributed by atoms with van der Waals surface area (Å²) in [6, 6.07) is 5.16. The molecule has 1 aliphatic rings. The molecule has 1 unspecified atom stereocenters. The van der Waals surface area contributed by atoms with Gasteiger partial charge >= 0.3 is 12.1 Å². The van der Waals surface area contributed by atoms with Gasteiger partial charge in [-0.05, 0) is 43.9 Å². The van der Waals surface area contributed by atoms with Crippen molar-refractivity contribution in [3.8, 4) is 0 Å². The number of rotatable bonds is 3. The maximum atomic E-state index is 13.0. The van der Waals surface area contributed by atoms with Crippen LogP contribution in [0.2, 0.25) is 0 Å². The van der Waals surface area contributed by atoms with Crippen molar-refractivity contribution in [3.63, 3.8) is 0 Å². The topological polar surface area (TPSA) is 76.3 Å². The Morgan fingerprint density at radius 2 is 1.96 bits per heavy atom. The van der Waals surface area contributed by atoms with Crippen LogP contribution in [0.15, 0.2) is 27.5 Å². The van der Waals surface area contributed by atoms with E-state index in [0.29, 0.717) is 24.9 Å². The molecule has 26 heavy (non-hydrogen) atoms. The molecule has 10 heteroatoms. The number of alkyl halides is 3. The number of halogens is 3. The van der Waals surface area contributed by atoms with Crippen molar-refractivity contribution in [1.82, 2.24) is 14.5 Å². The molecule has 1 aromatic heterocycles. The molecule has 142 valence electrons. The summed E-state index contributed by atoms with van der Waals surface area (Å²) in [5, 5.41) is 6.49. The highest BCUT2D eigenvalue weighted by Crippen LogP contribution is 2.33. The first-order valence-electron chi connectivity index (χ1n) is 8.07. The summed E-state index contributed by atoms with van der Waals surface area (Å²) >= 11 is 0. The highest BCUT2D eigenvalue weighted by molar-refractivity contribution is 7.89. The molecular weight excluding hydrogens is 371 g/mol. The largest absolute Gasteiger partial charge is 0.470 e. The highest BCUT2D eigenvalue weighted by atomic mass is 32.2. The first-order chi connectivity index (χ1) is 12.1. The Balaban J connectivity index is 1.86. The fourth-order valence-corrected chi connectivity index (χ4v) is 4.83. The molecule has 1 saturated heterocycles. The molecule has 2 aromatic rings. The lowest BCUT2D eigenvalue weighted by Crippen LogP contribution is -2.39. The van der Waals surface area contributed by atoms with E-state index in [2.05, 4.69) is 10.2 Å². The maximum absolute atomic E-state index is 13.0. The van der Waals surface area contributed by atoms with Crippen LogP contribution < -0.4 is 0 Å². The lowest BCUT2D eigenvalue weighted by molar-refractivity contribution is -0.157. The lowest BCUT2D eigenvalue weighted by atomic mass is 10.00. The third kappa shape index (κ3) is 3.61. The Morgan fingerprint density at radius 1 is 1.23 bits per heavy atom. The van der Waals surface area contributed by atoms with Gasteiger partial charge < -0.3 is 4.42 Å². The molecule has 0 amide bonds. The Bertz CT molecular complexity index is 909. The number of nitrogens with zero attached hydrogens (tertiary/aromatic N) is 3. The Kier molecular flexibility index (Phi) is 4.82. The highest BCUT2D eigenvalue weighted by Gasteiger charge is 2.40. The number of hydrogen-bond donors (Lipinski definition) is 0. The second-order valence-corrected chi connectivity index (χ2v) is 8.32. The van der Waals surface area contributed by atoms with Crippen LogP contribution in [0.25, 0.3) is 0 Å². The van der Waals surface area contributed by atoms with Crippen LogP contribution >= 0.6 is 0 Å². The Morgan fingerprint density at radius 3 is 2.62 bits per heavy atom. The Hall–Kier alpha value is -1.94. The van der Waals surface area contributed by atoms with E-state index in [1.807, 2.05) is 6.07 Å². The zero-order valence-corrected chi connectivity index (χ0v) is 15.1. The normalized spacial score (nSPS) is 19.7. The average molecular weight is 389 g/mol. The van der Waals surface area contributed by atoms with Gasteiger partial charge in [0.25, 0.3) is 0 Å². The fraction of sp³-hybridized carbons (Fsp3) is 0.500. The molecule has 0 saturated carbocycles. The van der Waals surface area contributed by atoms with Crippen LogP contribution in [-0.4, -0.2) is 36.0 Å². The minimum Gasteiger partial charge on any atom is -0.417 e. The van der Waals surface area contributed by atoms with E-state index >= 15 is 0 Å². The lowest BCUT2D eigenvalue weighted by Gasteiger charge is -2.30. The number of benzene rings is 1. The van der Waals surface area contributed by atoms with E-state index in [1.165, 1.54) is 4.31 Å². The second kappa shape index (κ2) is 6.66. The van der Waals surface area contributed by atoms with Crippen LogP contribution in [-0.2, 0) is 16.2 Å². The molecule has 1 fully saturated rings. The quantitative estimate of drug-likeness (QED) is 0.805. The van der Waals surface area contributed by atoms with Crippen molar-refractivity contribution < 1.29 is 26.0 Å². The van der Waals surface area contributed by atoms with Crippen LogP contribution in [0.5, 0.6) is 0 Å². The van der Waals surface area contributed by atoms with E-state index in [4.69, 9.17) is 4.42 Å². The first-order valence-corrected chi connectivity index (χ1v) is 9.51. The summed E-state index contributed by atoms with van der Waals surface area (Å²) in [5.74, 6) is -2.16. The number of aromatic nitrogens is 2. The van der Waals surface area contributed by atoms with Crippen molar-refractivity contribution in [3.05, 3.63) is 41.1 Å². The monoisotopic (exact) mass is 389 g/mol. The summed E-state index contributed by atoms with van der Waals surface area (Å²) in [4.78, 5) is 0.208. The van der Waals surface area contributed by atoms with Crippen molar-refractivity contribution in [2.75, 3.05) is 13.1 Å².